The van der Waals surface area contributed by atoms with E-state index in [9.17, 15) is 4.79 Å². The van der Waals surface area contributed by atoms with Crippen LogP contribution in [0.25, 0.3) is 0 Å². The Morgan fingerprint density at radius 2 is 2.11 bits per heavy atom. The monoisotopic (exact) mass is 501 g/mol. The molecule has 1 amide bonds. The number of halogens is 3. The third-order valence-corrected chi connectivity index (χ3v) is 5.52. The first-order valence-electron chi connectivity index (χ1n) is 7.92. The van der Waals surface area contributed by atoms with Crippen molar-refractivity contribution >= 4 is 62.6 Å². The number of pyridine rings is 1. The molecule has 0 saturated heterocycles. The molecule has 7 nitrogen and oxygen atoms in total. The van der Waals surface area contributed by atoms with E-state index in [0.29, 0.717) is 32.6 Å². The quantitative estimate of drug-likeness (QED) is 0.476. The molecule has 0 aliphatic heterocycles. The lowest BCUT2D eigenvalue weighted by molar-refractivity contribution is -0.113. The van der Waals surface area contributed by atoms with Crippen molar-refractivity contribution in [1.29, 1.82) is 0 Å². The highest BCUT2D eigenvalue weighted by atomic mass is 79.9. The molecule has 0 radical (unpaired) electrons. The molecule has 0 unspecified atom stereocenters. The molecule has 1 aromatic carbocycles. The Labute approximate surface area is 183 Å². The highest BCUT2D eigenvalue weighted by Gasteiger charge is 2.13. The number of rotatable bonds is 7. The van der Waals surface area contributed by atoms with Gasteiger partial charge in [-0.15, -0.1) is 10.2 Å². The van der Waals surface area contributed by atoms with Gasteiger partial charge in [-0.2, -0.15) is 0 Å². The first-order chi connectivity index (χ1) is 13.4. The maximum atomic E-state index is 12.1. The van der Waals surface area contributed by atoms with Gasteiger partial charge in [0, 0.05) is 22.7 Å². The van der Waals surface area contributed by atoms with Gasteiger partial charge in [0.05, 0.1) is 10.8 Å². The Bertz CT molecular complexity index is 984. The van der Waals surface area contributed by atoms with Crippen molar-refractivity contribution in [2.75, 3.05) is 11.1 Å². The fourth-order valence-corrected chi connectivity index (χ4v) is 3.52. The minimum Gasteiger partial charge on any atom is -0.484 e. The number of benzene rings is 1. The SMILES string of the molecule is Cn1c(COc2ccc(Cl)cc2Cl)nnc1SCC(=O)Nc1ccc(Br)cn1. The van der Waals surface area contributed by atoms with Gasteiger partial charge < -0.3 is 14.6 Å². The van der Waals surface area contributed by atoms with E-state index in [2.05, 4.69) is 36.4 Å². The number of carbonyl (C=O) groups excluding carboxylic acids is 1. The Morgan fingerprint density at radius 3 is 2.82 bits per heavy atom. The molecule has 0 saturated carbocycles. The number of amides is 1. The summed E-state index contributed by atoms with van der Waals surface area (Å²) in [5.41, 5.74) is 0. The fraction of sp³-hybridized carbons (Fsp3) is 0.176. The highest BCUT2D eigenvalue weighted by molar-refractivity contribution is 9.10. The second-order valence-electron chi connectivity index (χ2n) is 5.52. The first-order valence-corrected chi connectivity index (χ1v) is 10.5. The number of nitrogens with one attached hydrogen (secondary N) is 1. The molecule has 0 fully saturated rings. The highest BCUT2D eigenvalue weighted by Crippen LogP contribution is 2.28. The predicted octanol–water partition coefficient (Wildman–Crippen LogP) is 4.59. The number of thioether (sulfide) groups is 1. The van der Waals surface area contributed by atoms with Crippen molar-refractivity contribution in [3.8, 4) is 5.75 Å². The smallest absolute Gasteiger partial charge is 0.236 e. The van der Waals surface area contributed by atoms with E-state index in [1.54, 1.807) is 48.1 Å². The van der Waals surface area contributed by atoms with Crippen molar-refractivity contribution in [2.24, 2.45) is 7.05 Å². The summed E-state index contributed by atoms with van der Waals surface area (Å²) >= 11 is 16.5. The number of aromatic nitrogens is 4. The summed E-state index contributed by atoms with van der Waals surface area (Å²) in [6.07, 6.45) is 1.62. The van der Waals surface area contributed by atoms with Crippen LogP contribution in [0.1, 0.15) is 5.82 Å². The summed E-state index contributed by atoms with van der Waals surface area (Å²) in [7, 11) is 1.80. The molecule has 0 atom stereocenters. The zero-order chi connectivity index (χ0) is 20.1. The number of hydrogen-bond acceptors (Lipinski definition) is 6. The van der Waals surface area contributed by atoms with Crippen LogP contribution < -0.4 is 10.1 Å². The molecule has 146 valence electrons. The third kappa shape index (κ3) is 5.60. The van der Waals surface area contributed by atoms with Crippen molar-refractivity contribution in [2.45, 2.75) is 11.8 Å². The van der Waals surface area contributed by atoms with Gasteiger partial charge in [0.25, 0.3) is 0 Å². The summed E-state index contributed by atoms with van der Waals surface area (Å²) < 4.78 is 8.28. The van der Waals surface area contributed by atoms with Gasteiger partial charge in [0.2, 0.25) is 5.91 Å². The van der Waals surface area contributed by atoms with Crippen LogP contribution >= 0.6 is 50.9 Å². The summed E-state index contributed by atoms with van der Waals surface area (Å²) in [5, 5.41) is 12.5. The summed E-state index contributed by atoms with van der Waals surface area (Å²) in [5.74, 6) is 1.58. The largest absolute Gasteiger partial charge is 0.484 e. The Morgan fingerprint density at radius 1 is 1.29 bits per heavy atom. The standard InChI is InChI=1S/C17H14BrCl2N5O2S/c1-25-15(8-27-13-4-3-11(19)6-12(13)20)23-24-17(25)28-9-16(26)22-14-5-2-10(18)7-21-14/h2-7H,8-9H2,1H3,(H,21,22,26). The average Bonchev–Trinajstić information content (AvgIpc) is 3.01. The van der Waals surface area contributed by atoms with E-state index < -0.39 is 0 Å². The summed E-state index contributed by atoms with van der Waals surface area (Å²) in [6, 6.07) is 8.51. The van der Waals surface area contributed by atoms with Crippen LogP contribution in [0.4, 0.5) is 5.82 Å². The lowest BCUT2D eigenvalue weighted by Gasteiger charge is -2.08. The summed E-state index contributed by atoms with van der Waals surface area (Å²) in [4.78, 5) is 16.2. The molecule has 11 heteroatoms. The Kier molecular flexibility index (Phi) is 7.17. The van der Waals surface area contributed by atoms with E-state index in [0.717, 1.165) is 4.47 Å². The molecule has 2 aromatic heterocycles. The molecule has 0 bridgehead atoms. The molecule has 0 aliphatic rings. The lowest BCUT2D eigenvalue weighted by atomic mass is 10.3. The van der Waals surface area contributed by atoms with Crippen LogP contribution in [0, 0.1) is 0 Å². The topological polar surface area (TPSA) is 81.9 Å². The van der Waals surface area contributed by atoms with Crippen molar-refractivity contribution in [3.05, 3.63) is 56.9 Å². The maximum absolute atomic E-state index is 12.1. The van der Waals surface area contributed by atoms with Crippen LogP contribution in [0.15, 0.2) is 46.2 Å². The number of anilines is 1. The number of hydrogen-bond donors (Lipinski definition) is 1. The van der Waals surface area contributed by atoms with Crippen LogP contribution in [0.5, 0.6) is 5.75 Å². The van der Waals surface area contributed by atoms with Crippen LogP contribution in [0.2, 0.25) is 10.0 Å². The van der Waals surface area contributed by atoms with E-state index in [1.165, 1.54) is 11.8 Å². The van der Waals surface area contributed by atoms with Gasteiger partial charge in [-0.25, -0.2) is 4.98 Å². The van der Waals surface area contributed by atoms with Crippen LogP contribution in [0.3, 0.4) is 0 Å². The average molecular weight is 503 g/mol. The van der Waals surface area contributed by atoms with Gasteiger partial charge >= 0.3 is 0 Å². The first kappa shape index (κ1) is 20.9. The van der Waals surface area contributed by atoms with Gasteiger partial charge in [-0.3, -0.25) is 4.79 Å². The van der Waals surface area contributed by atoms with Gasteiger partial charge in [0.1, 0.15) is 18.2 Å². The Balaban J connectivity index is 1.54. The van der Waals surface area contributed by atoms with Crippen molar-refractivity contribution in [1.82, 2.24) is 19.7 Å². The molecule has 3 aromatic rings. The second kappa shape index (κ2) is 9.60. The Hall–Kier alpha value is -1.81. The van der Waals surface area contributed by atoms with Gasteiger partial charge in [-0.1, -0.05) is 35.0 Å². The third-order valence-electron chi connectivity index (χ3n) is 3.50. The molecule has 28 heavy (non-hydrogen) atoms. The van der Waals surface area contributed by atoms with Crippen molar-refractivity contribution < 1.29 is 9.53 Å². The van der Waals surface area contributed by atoms with Crippen molar-refractivity contribution in [3.63, 3.8) is 0 Å². The van der Waals surface area contributed by atoms with Crippen LogP contribution in [-0.2, 0) is 18.4 Å². The lowest BCUT2D eigenvalue weighted by Crippen LogP contribution is -2.15. The fourth-order valence-electron chi connectivity index (χ4n) is 2.09. The normalized spacial score (nSPS) is 10.7. The number of nitrogens with zero attached hydrogens (tertiary/aromatic N) is 4. The minimum absolute atomic E-state index is 0.174. The maximum Gasteiger partial charge on any atom is 0.236 e. The summed E-state index contributed by atoms with van der Waals surface area (Å²) in [6.45, 7) is 0.181. The molecule has 0 aliphatic carbocycles. The molecular formula is C17H14BrCl2N5O2S. The zero-order valence-corrected chi connectivity index (χ0v) is 18.4. The molecule has 0 spiro atoms. The number of ether oxygens (including phenoxy) is 1. The molecular weight excluding hydrogens is 489 g/mol. The number of carbonyl (C=O) groups is 1. The zero-order valence-electron chi connectivity index (χ0n) is 14.5. The van der Waals surface area contributed by atoms with E-state index in [-0.39, 0.29) is 18.3 Å². The van der Waals surface area contributed by atoms with E-state index in [1.807, 2.05) is 0 Å². The molecule has 1 N–H and O–H groups in total. The van der Waals surface area contributed by atoms with E-state index in [4.69, 9.17) is 27.9 Å². The van der Waals surface area contributed by atoms with E-state index >= 15 is 0 Å². The second-order valence-corrected chi connectivity index (χ2v) is 8.22. The molecule has 3 rings (SSSR count). The molecule has 2 heterocycles. The predicted molar refractivity (Wildman–Crippen MR) is 113 cm³/mol. The van der Waals surface area contributed by atoms with Gasteiger partial charge in [0.15, 0.2) is 11.0 Å². The van der Waals surface area contributed by atoms with Gasteiger partial charge in [-0.05, 0) is 46.3 Å². The minimum atomic E-state index is -0.187. The van der Waals surface area contributed by atoms with Crippen LogP contribution in [-0.4, -0.2) is 31.4 Å².